The van der Waals surface area contributed by atoms with Crippen molar-refractivity contribution in [2.24, 2.45) is 7.05 Å². The zero-order valence-electron chi connectivity index (χ0n) is 9.11. The number of aromatic nitrogens is 2. The molecule has 0 bridgehead atoms. The first kappa shape index (κ1) is 10.3. The topological polar surface area (TPSA) is 62.3 Å². The average molecular weight is 252 g/mol. The van der Waals surface area contributed by atoms with E-state index in [-0.39, 0.29) is 6.79 Å². The van der Waals surface area contributed by atoms with Crippen molar-refractivity contribution in [3.05, 3.63) is 23.4 Å². The molecule has 2 heterocycles. The first-order valence-corrected chi connectivity index (χ1v) is 5.42. The molecule has 0 radical (unpaired) electrons. The molecule has 0 aliphatic carbocycles. The van der Waals surface area contributed by atoms with Gasteiger partial charge in [-0.3, -0.25) is 0 Å². The standard InChI is InChI=1S/C11H10ClN3O2/c1-15-9(10(12)14-11(15)13)6-2-3-7-8(4-6)17-5-16-7/h2-4H,5H2,1H3,(H2,13,14). The maximum atomic E-state index is 6.05. The molecule has 17 heavy (non-hydrogen) atoms. The molecule has 3 rings (SSSR count). The van der Waals surface area contributed by atoms with Gasteiger partial charge in [-0.25, -0.2) is 4.98 Å². The SMILES string of the molecule is Cn1c(N)nc(Cl)c1-c1ccc2c(c1)OCO2. The number of halogens is 1. The molecular formula is C11H10ClN3O2. The minimum absolute atomic E-state index is 0.250. The molecule has 0 amide bonds. The Morgan fingerprint density at radius 2 is 2.12 bits per heavy atom. The predicted molar refractivity (Wildman–Crippen MR) is 64.2 cm³/mol. The zero-order chi connectivity index (χ0) is 12.0. The molecule has 0 saturated heterocycles. The summed E-state index contributed by atoms with van der Waals surface area (Å²) < 4.78 is 12.3. The van der Waals surface area contributed by atoms with Gasteiger partial charge in [0.15, 0.2) is 16.7 Å². The number of nitrogens with zero attached hydrogens (tertiary/aromatic N) is 2. The van der Waals surface area contributed by atoms with Crippen molar-refractivity contribution >= 4 is 17.5 Å². The Bertz CT molecular complexity index is 595. The molecule has 6 heteroatoms. The quantitative estimate of drug-likeness (QED) is 0.843. The van der Waals surface area contributed by atoms with Crippen LogP contribution in [-0.2, 0) is 7.05 Å². The number of fused-ring (bicyclic) bond motifs is 1. The summed E-state index contributed by atoms with van der Waals surface area (Å²) >= 11 is 6.05. The molecule has 0 fully saturated rings. The van der Waals surface area contributed by atoms with Gasteiger partial charge in [-0.1, -0.05) is 11.6 Å². The van der Waals surface area contributed by atoms with E-state index in [1.807, 2.05) is 25.2 Å². The number of anilines is 1. The third kappa shape index (κ3) is 1.51. The van der Waals surface area contributed by atoms with Gasteiger partial charge in [0.1, 0.15) is 0 Å². The summed E-state index contributed by atoms with van der Waals surface area (Å²) in [5.41, 5.74) is 7.36. The molecule has 1 aromatic carbocycles. The molecule has 0 saturated carbocycles. The van der Waals surface area contributed by atoms with Crippen LogP contribution >= 0.6 is 11.6 Å². The van der Waals surface area contributed by atoms with Crippen LogP contribution in [0.5, 0.6) is 11.5 Å². The molecule has 88 valence electrons. The molecule has 1 aliphatic heterocycles. The summed E-state index contributed by atoms with van der Waals surface area (Å²) in [6, 6.07) is 5.61. The second-order valence-electron chi connectivity index (χ2n) is 3.74. The van der Waals surface area contributed by atoms with Gasteiger partial charge in [0.05, 0.1) is 5.69 Å². The lowest BCUT2D eigenvalue weighted by Gasteiger charge is -2.05. The van der Waals surface area contributed by atoms with Gasteiger partial charge in [0.2, 0.25) is 12.7 Å². The molecule has 2 aromatic rings. The third-order valence-electron chi connectivity index (χ3n) is 2.73. The Balaban J connectivity index is 2.15. The number of hydrogen-bond donors (Lipinski definition) is 1. The summed E-state index contributed by atoms with van der Waals surface area (Å²) in [4.78, 5) is 4.01. The van der Waals surface area contributed by atoms with Crippen LogP contribution in [0.4, 0.5) is 5.95 Å². The van der Waals surface area contributed by atoms with Crippen molar-refractivity contribution in [3.8, 4) is 22.8 Å². The molecule has 0 unspecified atom stereocenters. The van der Waals surface area contributed by atoms with Crippen LogP contribution in [0, 0.1) is 0 Å². The number of imidazole rings is 1. The fraction of sp³-hybridized carbons (Fsp3) is 0.182. The van der Waals surface area contributed by atoms with E-state index in [1.54, 1.807) is 4.57 Å². The molecule has 0 spiro atoms. The minimum atomic E-state index is 0.250. The summed E-state index contributed by atoms with van der Waals surface area (Å²) in [5.74, 6) is 1.82. The lowest BCUT2D eigenvalue weighted by Crippen LogP contribution is -1.98. The van der Waals surface area contributed by atoms with E-state index in [0.29, 0.717) is 16.9 Å². The van der Waals surface area contributed by atoms with E-state index >= 15 is 0 Å². The number of nitrogens with two attached hydrogens (primary N) is 1. The molecule has 5 nitrogen and oxygen atoms in total. The Labute approximate surface area is 103 Å². The predicted octanol–water partition coefficient (Wildman–Crippen LogP) is 2.05. The van der Waals surface area contributed by atoms with E-state index in [4.69, 9.17) is 26.8 Å². The van der Waals surface area contributed by atoms with Crippen LogP contribution < -0.4 is 15.2 Å². The van der Waals surface area contributed by atoms with Gasteiger partial charge < -0.3 is 19.8 Å². The van der Waals surface area contributed by atoms with E-state index in [1.165, 1.54) is 0 Å². The highest BCUT2D eigenvalue weighted by atomic mass is 35.5. The van der Waals surface area contributed by atoms with Crippen LogP contribution in [-0.4, -0.2) is 16.3 Å². The smallest absolute Gasteiger partial charge is 0.231 e. The second kappa shape index (κ2) is 3.56. The second-order valence-corrected chi connectivity index (χ2v) is 4.09. The van der Waals surface area contributed by atoms with E-state index in [0.717, 1.165) is 17.0 Å². The number of nitrogen functional groups attached to an aromatic ring is 1. The third-order valence-corrected chi connectivity index (χ3v) is 3.00. The van der Waals surface area contributed by atoms with Gasteiger partial charge in [-0.05, 0) is 18.2 Å². The maximum absolute atomic E-state index is 6.05. The largest absolute Gasteiger partial charge is 0.454 e. The summed E-state index contributed by atoms with van der Waals surface area (Å²) in [6.07, 6.45) is 0. The van der Waals surface area contributed by atoms with Gasteiger partial charge >= 0.3 is 0 Å². The molecule has 0 atom stereocenters. The van der Waals surface area contributed by atoms with Crippen molar-refractivity contribution in [1.82, 2.24) is 9.55 Å². The fourth-order valence-corrected chi connectivity index (χ4v) is 2.16. The van der Waals surface area contributed by atoms with Crippen LogP contribution in [0.1, 0.15) is 0 Å². The highest BCUT2D eigenvalue weighted by Gasteiger charge is 2.18. The molecular weight excluding hydrogens is 242 g/mol. The number of benzene rings is 1. The average Bonchev–Trinajstić information content (AvgIpc) is 2.84. The highest BCUT2D eigenvalue weighted by molar-refractivity contribution is 6.32. The fourth-order valence-electron chi connectivity index (χ4n) is 1.84. The molecule has 1 aromatic heterocycles. The Morgan fingerprint density at radius 1 is 1.35 bits per heavy atom. The lowest BCUT2D eigenvalue weighted by atomic mass is 10.1. The first-order chi connectivity index (χ1) is 8.16. The van der Waals surface area contributed by atoms with Crippen LogP contribution in [0.3, 0.4) is 0 Å². The van der Waals surface area contributed by atoms with Gasteiger partial charge in [0.25, 0.3) is 0 Å². The van der Waals surface area contributed by atoms with Crippen LogP contribution in [0.2, 0.25) is 5.15 Å². The van der Waals surface area contributed by atoms with Crippen LogP contribution in [0.25, 0.3) is 11.3 Å². The van der Waals surface area contributed by atoms with E-state index < -0.39 is 0 Å². The zero-order valence-corrected chi connectivity index (χ0v) is 9.86. The van der Waals surface area contributed by atoms with E-state index in [9.17, 15) is 0 Å². The Hall–Kier alpha value is -1.88. The van der Waals surface area contributed by atoms with Gasteiger partial charge in [0, 0.05) is 12.6 Å². The summed E-state index contributed by atoms with van der Waals surface area (Å²) in [5, 5.41) is 0.379. The monoisotopic (exact) mass is 251 g/mol. The van der Waals surface area contributed by atoms with Crippen LogP contribution in [0.15, 0.2) is 18.2 Å². The molecule has 2 N–H and O–H groups in total. The Morgan fingerprint density at radius 3 is 2.82 bits per heavy atom. The van der Waals surface area contributed by atoms with Crippen molar-refractivity contribution in [2.75, 3.05) is 12.5 Å². The summed E-state index contributed by atoms with van der Waals surface area (Å²) in [6.45, 7) is 0.250. The number of hydrogen-bond acceptors (Lipinski definition) is 4. The van der Waals surface area contributed by atoms with Crippen molar-refractivity contribution < 1.29 is 9.47 Å². The number of rotatable bonds is 1. The van der Waals surface area contributed by atoms with Crippen molar-refractivity contribution in [2.45, 2.75) is 0 Å². The Kier molecular flexibility index (Phi) is 2.16. The van der Waals surface area contributed by atoms with Crippen molar-refractivity contribution in [1.29, 1.82) is 0 Å². The lowest BCUT2D eigenvalue weighted by molar-refractivity contribution is 0.174. The minimum Gasteiger partial charge on any atom is -0.454 e. The molecule has 1 aliphatic rings. The van der Waals surface area contributed by atoms with Gasteiger partial charge in [-0.2, -0.15) is 0 Å². The highest BCUT2D eigenvalue weighted by Crippen LogP contribution is 2.38. The normalized spacial score (nSPS) is 13.1. The van der Waals surface area contributed by atoms with E-state index in [2.05, 4.69) is 4.98 Å². The first-order valence-electron chi connectivity index (χ1n) is 5.04. The van der Waals surface area contributed by atoms with Gasteiger partial charge in [-0.15, -0.1) is 0 Å². The number of ether oxygens (including phenoxy) is 2. The van der Waals surface area contributed by atoms with Crippen molar-refractivity contribution in [3.63, 3.8) is 0 Å². The summed E-state index contributed by atoms with van der Waals surface area (Å²) in [7, 11) is 1.81. The maximum Gasteiger partial charge on any atom is 0.231 e.